The highest BCUT2D eigenvalue weighted by Crippen LogP contribution is 2.30. The summed E-state index contributed by atoms with van der Waals surface area (Å²) >= 11 is 0. The monoisotopic (exact) mass is 454 g/mol. The van der Waals surface area contributed by atoms with Crippen molar-refractivity contribution >= 4 is 5.91 Å². The predicted octanol–water partition coefficient (Wildman–Crippen LogP) is 2.65. The molecule has 3 rings (SSSR count). The number of aliphatic hydroxyl groups is 2. The number of nitrogens with two attached hydrogens (primary N) is 1. The van der Waals surface area contributed by atoms with Crippen LogP contribution in [-0.2, 0) is 11.2 Å². The van der Waals surface area contributed by atoms with E-state index in [9.17, 15) is 15.0 Å². The zero-order valence-corrected chi connectivity index (χ0v) is 19.3. The highest BCUT2D eigenvalue weighted by atomic mass is 16.5. The Balaban J connectivity index is 1.77. The minimum absolute atomic E-state index is 0.0841. The summed E-state index contributed by atoms with van der Waals surface area (Å²) in [6, 6.07) is 7.65. The van der Waals surface area contributed by atoms with Gasteiger partial charge < -0.3 is 25.2 Å². The van der Waals surface area contributed by atoms with Gasteiger partial charge in [-0.25, -0.2) is 0 Å². The van der Waals surface area contributed by atoms with E-state index in [1.54, 1.807) is 0 Å². The number of hydrogen-bond donors (Lipinski definition) is 3. The molecule has 0 aliphatic heterocycles. The van der Waals surface area contributed by atoms with Gasteiger partial charge in [-0.15, -0.1) is 0 Å². The molecule has 0 saturated carbocycles. The molecule has 0 aliphatic rings. The molecule has 1 aromatic carbocycles. The highest BCUT2D eigenvalue weighted by molar-refractivity contribution is 5.78. The van der Waals surface area contributed by atoms with Crippen molar-refractivity contribution in [3.8, 4) is 28.6 Å². The molecule has 1 amide bonds. The molecule has 0 spiro atoms. The van der Waals surface area contributed by atoms with Crippen LogP contribution in [0.2, 0.25) is 0 Å². The number of aryl methyl sites for hydroxylation is 4. The number of pyridine rings is 1. The molecule has 0 saturated heterocycles. The number of nitrogens with zero attached hydrogens (tertiary/aromatic N) is 3. The Bertz CT molecular complexity index is 1100. The van der Waals surface area contributed by atoms with Crippen LogP contribution in [0, 0.1) is 20.8 Å². The standard InChI is InChI=1S/C24H30N4O5/c1-5-6-18-10-17(9-15(4)26-18)24-27-23(28-33-24)16-7-13(2)21(14(3)8-16)32-12-19(29)11-20(30)22(25)31/h7-10,19-20,29-30H,5-6,11-12H2,1-4H3,(H2,25,31)/t19-,20?/m1/s1. The van der Waals surface area contributed by atoms with E-state index in [0.29, 0.717) is 17.5 Å². The van der Waals surface area contributed by atoms with Gasteiger partial charge in [-0.05, 0) is 62.6 Å². The van der Waals surface area contributed by atoms with Crippen LogP contribution in [0.1, 0.15) is 42.3 Å². The zero-order valence-electron chi connectivity index (χ0n) is 19.3. The fraction of sp³-hybridized carbons (Fsp3) is 0.417. The van der Waals surface area contributed by atoms with E-state index in [0.717, 1.165) is 46.5 Å². The lowest BCUT2D eigenvalue weighted by atomic mass is 10.0. The van der Waals surface area contributed by atoms with E-state index < -0.39 is 18.1 Å². The van der Waals surface area contributed by atoms with Gasteiger partial charge in [0.1, 0.15) is 18.5 Å². The Hall–Kier alpha value is -3.30. The van der Waals surface area contributed by atoms with Crippen molar-refractivity contribution in [3.05, 3.63) is 46.8 Å². The summed E-state index contributed by atoms with van der Waals surface area (Å²) in [5, 5.41) is 23.6. The summed E-state index contributed by atoms with van der Waals surface area (Å²) in [4.78, 5) is 20.1. The molecular weight excluding hydrogens is 424 g/mol. The van der Waals surface area contributed by atoms with Gasteiger partial charge in [0.2, 0.25) is 11.7 Å². The van der Waals surface area contributed by atoms with Gasteiger partial charge in [-0.2, -0.15) is 4.98 Å². The maximum Gasteiger partial charge on any atom is 0.258 e. The Labute approximate surface area is 192 Å². The SMILES string of the molecule is CCCc1cc(-c2nc(-c3cc(C)c(OC[C@H](O)CC(O)C(N)=O)c(C)c3)no2)cc(C)n1. The number of carbonyl (C=O) groups is 1. The minimum Gasteiger partial charge on any atom is -0.490 e. The summed E-state index contributed by atoms with van der Waals surface area (Å²) in [6.07, 6.45) is -0.757. The molecular formula is C24H30N4O5. The number of rotatable bonds is 10. The Morgan fingerprint density at radius 3 is 2.42 bits per heavy atom. The van der Waals surface area contributed by atoms with Crippen molar-refractivity contribution in [3.63, 3.8) is 0 Å². The average Bonchev–Trinajstić information content (AvgIpc) is 3.23. The van der Waals surface area contributed by atoms with Crippen molar-refractivity contribution < 1.29 is 24.3 Å². The lowest BCUT2D eigenvalue weighted by Crippen LogP contribution is -2.33. The fourth-order valence-electron chi connectivity index (χ4n) is 3.63. The van der Waals surface area contributed by atoms with Gasteiger partial charge in [0, 0.05) is 28.9 Å². The largest absolute Gasteiger partial charge is 0.490 e. The van der Waals surface area contributed by atoms with E-state index in [-0.39, 0.29) is 13.0 Å². The first kappa shape index (κ1) is 24.3. The molecule has 9 nitrogen and oxygen atoms in total. The third kappa shape index (κ3) is 6.15. The number of benzene rings is 1. The molecule has 9 heteroatoms. The van der Waals surface area contributed by atoms with E-state index in [2.05, 4.69) is 22.0 Å². The third-order valence-corrected chi connectivity index (χ3v) is 5.15. The van der Waals surface area contributed by atoms with Gasteiger partial charge in [0.05, 0.1) is 6.10 Å². The molecule has 1 unspecified atom stereocenters. The maximum absolute atomic E-state index is 10.9. The Kier molecular flexibility index (Phi) is 7.78. The summed E-state index contributed by atoms with van der Waals surface area (Å²) in [5.41, 5.74) is 10.2. The van der Waals surface area contributed by atoms with Gasteiger partial charge in [0.25, 0.3) is 5.89 Å². The van der Waals surface area contributed by atoms with Crippen LogP contribution in [0.5, 0.6) is 5.75 Å². The topological polar surface area (TPSA) is 145 Å². The predicted molar refractivity (Wildman–Crippen MR) is 122 cm³/mol. The molecule has 176 valence electrons. The Morgan fingerprint density at radius 2 is 1.79 bits per heavy atom. The summed E-state index contributed by atoms with van der Waals surface area (Å²) in [7, 11) is 0. The molecule has 2 atom stereocenters. The second-order valence-electron chi connectivity index (χ2n) is 8.22. The first-order valence-corrected chi connectivity index (χ1v) is 10.9. The molecule has 2 aromatic heterocycles. The molecule has 2 heterocycles. The van der Waals surface area contributed by atoms with Crippen LogP contribution < -0.4 is 10.5 Å². The normalized spacial score (nSPS) is 13.0. The first-order valence-electron chi connectivity index (χ1n) is 10.9. The van der Waals surface area contributed by atoms with Crippen LogP contribution in [0.4, 0.5) is 0 Å². The molecule has 0 fully saturated rings. The smallest absolute Gasteiger partial charge is 0.258 e. The van der Waals surface area contributed by atoms with E-state index in [1.807, 2.05) is 45.0 Å². The summed E-state index contributed by atoms with van der Waals surface area (Å²) in [6.45, 7) is 7.72. The molecule has 33 heavy (non-hydrogen) atoms. The number of hydrogen-bond acceptors (Lipinski definition) is 8. The van der Waals surface area contributed by atoms with Gasteiger partial charge in [-0.1, -0.05) is 18.5 Å². The quantitative estimate of drug-likeness (QED) is 0.424. The number of primary amides is 1. The third-order valence-electron chi connectivity index (χ3n) is 5.15. The lowest BCUT2D eigenvalue weighted by molar-refractivity contribution is -0.127. The van der Waals surface area contributed by atoms with E-state index in [4.69, 9.17) is 15.0 Å². The number of amides is 1. The molecule has 4 N–H and O–H groups in total. The van der Waals surface area contributed by atoms with E-state index in [1.165, 1.54) is 0 Å². The van der Waals surface area contributed by atoms with Gasteiger partial charge >= 0.3 is 0 Å². The van der Waals surface area contributed by atoms with Crippen LogP contribution >= 0.6 is 0 Å². The maximum atomic E-state index is 10.9. The van der Waals surface area contributed by atoms with Crippen molar-refractivity contribution in [1.82, 2.24) is 15.1 Å². The van der Waals surface area contributed by atoms with Crippen LogP contribution in [0.25, 0.3) is 22.8 Å². The number of ether oxygens (including phenoxy) is 1. The van der Waals surface area contributed by atoms with E-state index >= 15 is 0 Å². The van der Waals surface area contributed by atoms with Crippen molar-refractivity contribution in [2.45, 2.75) is 59.2 Å². The molecule has 0 aliphatic carbocycles. The molecule has 0 radical (unpaired) electrons. The lowest BCUT2D eigenvalue weighted by Gasteiger charge is -2.17. The van der Waals surface area contributed by atoms with Crippen LogP contribution in [-0.4, -0.2) is 50.1 Å². The van der Waals surface area contributed by atoms with Gasteiger partial charge in [0.15, 0.2) is 0 Å². The second-order valence-corrected chi connectivity index (χ2v) is 8.22. The number of aliphatic hydroxyl groups excluding tert-OH is 2. The molecule has 0 bridgehead atoms. The fourth-order valence-corrected chi connectivity index (χ4v) is 3.63. The summed E-state index contributed by atoms with van der Waals surface area (Å²) in [5.74, 6) is 0.608. The minimum atomic E-state index is -1.41. The average molecular weight is 455 g/mol. The number of carbonyl (C=O) groups excluding carboxylic acids is 1. The highest BCUT2D eigenvalue weighted by Gasteiger charge is 2.19. The van der Waals surface area contributed by atoms with Gasteiger partial charge in [-0.3, -0.25) is 9.78 Å². The Morgan fingerprint density at radius 1 is 1.09 bits per heavy atom. The zero-order chi connectivity index (χ0) is 24.1. The van der Waals surface area contributed by atoms with Crippen LogP contribution in [0.15, 0.2) is 28.8 Å². The van der Waals surface area contributed by atoms with Crippen molar-refractivity contribution in [1.29, 1.82) is 0 Å². The molecule has 3 aromatic rings. The van der Waals surface area contributed by atoms with Crippen LogP contribution in [0.3, 0.4) is 0 Å². The van der Waals surface area contributed by atoms with Crippen molar-refractivity contribution in [2.75, 3.05) is 6.61 Å². The first-order chi connectivity index (χ1) is 15.7. The summed E-state index contributed by atoms with van der Waals surface area (Å²) < 4.78 is 11.3. The number of aromatic nitrogens is 3. The second kappa shape index (κ2) is 10.5. The van der Waals surface area contributed by atoms with Crippen molar-refractivity contribution in [2.24, 2.45) is 5.73 Å².